The van der Waals surface area contributed by atoms with E-state index in [0.29, 0.717) is 11.4 Å². The second-order valence-corrected chi connectivity index (χ2v) is 5.82. The van der Waals surface area contributed by atoms with Gasteiger partial charge in [0.1, 0.15) is 11.7 Å². The number of nitrogens with zero attached hydrogens (tertiary/aromatic N) is 5. The molecule has 118 valence electrons. The average Bonchev–Trinajstić information content (AvgIpc) is 3.09. The summed E-state index contributed by atoms with van der Waals surface area (Å²) in [7, 11) is 0. The summed E-state index contributed by atoms with van der Waals surface area (Å²) in [5.41, 5.74) is 4.78. The molecule has 1 atom stereocenters. The van der Waals surface area contributed by atoms with E-state index in [9.17, 15) is 4.79 Å². The first-order chi connectivity index (χ1) is 10.4. The van der Waals surface area contributed by atoms with Crippen LogP contribution >= 0.6 is 15.9 Å². The lowest BCUT2D eigenvalue weighted by Crippen LogP contribution is -2.28. The molecule has 0 aliphatic carbocycles. The van der Waals surface area contributed by atoms with E-state index in [0.717, 1.165) is 16.7 Å². The number of rotatable bonds is 5. The molecule has 0 unspecified atom stereocenters. The van der Waals surface area contributed by atoms with Gasteiger partial charge in [-0.3, -0.25) is 14.2 Å². The molecule has 1 amide bonds. The van der Waals surface area contributed by atoms with Crippen molar-refractivity contribution in [3.05, 3.63) is 34.3 Å². The lowest BCUT2D eigenvalue weighted by molar-refractivity contribution is -0.124. The molecule has 2 aromatic heterocycles. The monoisotopic (exact) mass is 366 g/mol. The maximum absolute atomic E-state index is 12.1. The molecule has 0 saturated carbocycles. The third-order valence-electron chi connectivity index (χ3n) is 3.24. The van der Waals surface area contributed by atoms with Crippen LogP contribution < -0.4 is 5.43 Å². The number of carbonyl (C=O) groups excluding carboxylic acids is 1. The van der Waals surface area contributed by atoms with Crippen molar-refractivity contribution in [3.8, 4) is 0 Å². The van der Waals surface area contributed by atoms with Gasteiger partial charge in [-0.15, -0.1) is 0 Å². The third kappa shape index (κ3) is 3.62. The second kappa shape index (κ2) is 6.87. The molecule has 2 rings (SSSR count). The van der Waals surface area contributed by atoms with Crippen molar-refractivity contribution in [2.24, 2.45) is 5.10 Å². The molecule has 0 bridgehead atoms. The van der Waals surface area contributed by atoms with Crippen LogP contribution in [-0.4, -0.2) is 31.2 Å². The van der Waals surface area contributed by atoms with Crippen LogP contribution in [0.5, 0.6) is 0 Å². The van der Waals surface area contributed by atoms with Gasteiger partial charge >= 0.3 is 0 Å². The lowest BCUT2D eigenvalue weighted by atomic mass is 10.3. The molecule has 0 radical (unpaired) electrons. The minimum atomic E-state index is -0.429. The molecule has 0 saturated heterocycles. The van der Waals surface area contributed by atoms with Gasteiger partial charge in [0, 0.05) is 18.9 Å². The smallest absolute Gasteiger partial charge is 0.264 e. The number of hydrogen-bond acceptors (Lipinski definition) is 4. The normalized spacial score (nSPS) is 13.2. The highest BCUT2D eigenvalue weighted by atomic mass is 79.9. The standard InChI is InChI=1S/C14H19BrN6O/c1-5-20-8-12(15)13(19-20)10(3)16-17-14(22)11(4)21-7-6-9(2)18-21/h6-8,11H,5H2,1-4H3,(H,17,22)/b16-10+/t11-/m0/s1. The predicted octanol–water partition coefficient (Wildman–Crippen LogP) is 2.27. The number of halogens is 1. The highest BCUT2D eigenvalue weighted by Gasteiger charge is 2.16. The van der Waals surface area contributed by atoms with Gasteiger partial charge in [0.05, 0.1) is 15.9 Å². The first kappa shape index (κ1) is 16.4. The molecule has 0 fully saturated rings. The number of aromatic nitrogens is 4. The van der Waals surface area contributed by atoms with Gasteiger partial charge in [0.25, 0.3) is 5.91 Å². The molecule has 7 nitrogen and oxygen atoms in total. The Morgan fingerprint density at radius 2 is 2.23 bits per heavy atom. The Balaban J connectivity index is 2.06. The number of hydrazone groups is 1. The molecule has 2 aromatic rings. The second-order valence-electron chi connectivity index (χ2n) is 4.97. The summed E-state index contributed by atoms with van der Waals surface area (Å²) >= 11 is 3.44. The van der Waals surface area contributed by atoms with Gasteiger partial charge in [-0.05, 0) is 49.7 Å². The van der Waals surface area contributed by atoms with Gasteiger partial charge in [0.2, 0.25) is 0 Å². The van der Waals surface area contributed by atoms with Crippen molar-refractivity contribution in [1.82, 2.24) is 25.0 Å². The van der Waals surface area contributed by atoms with Crippen molar-refractivity contribution in [2.45, 2.75) is 40.3 Å². The van der Waals surface area contributed by atoms with Crippen molar-refractivity contribution in [3.63, 3.8) is 0 Å². The first-order valence-corrected chi connectivity index (χ1v) is 7.81. The van der Waals surface area contributed by atoms with E-state index >= 15 is 0 Å². The van der Waals surface area contributed by atoms with Crippen LogP contribution in [0.1, 0.15) is 38.2 Å². The predicted molar refractivity (Wildman–Crippen MR) is 87.6 cm³/mol. The van der Waals surface area contributed by atoms with E-state index in [1.807, 2.05) is 26.1 Å². The minimum Gasteiger partial charge on any atom is -0.271 e. The van der Waals surface area contributed by atoms with Crippen LogP contribution in [0.3, 0.4) is 0 Å². The maximum atomic E-state index is 12.1. The molecular weight excluding hydrogens is 348 g/mol. The fourth-order valence-corrected chi connectivity index (χ4v) is 2.46. The molecule has 2 heterocycles. The first-order valence-electron chi connectivity index (χ1n) is 7.01. The summed E-state index contributed by atoms with van der Waals surface area (Å²) in [6, 6.07) is 1.43. The van der Waals surface area contributed by atoms with E-state index < -0.39 is 6.04 Å². The van der Waals surface area contributed by atoms with Crippen molar-refractivity contribution in [1.29, 1.82) is 0 Å². The van der Waals surface area contributed by atoms with Gasteiger partial charge in [-0.25, -0.2) is 5.43 Å². The Labute approximate surface area is 137 Å². The third-order valence-corrected chi connectivity index (χ3v) is 3.82. The molecule has 8 heteroatoms. The topological polar surface area (TPSA) is 77.1 Å². The molecule has 0 spiro atoms. The van der Waals surface area contributed by atoms with Crippen LogP contribution in [0.25, 0.3) is 0 Å². The van der Waals surface area contributed by atoms with Gasteiger partial charge < -0.3 is 0 Å². The summed E-state index contributed by atoms with van der Waals surface area (Å²) in [4.78, 5) is 12.1. The zero-order valence-electron chi connectivity index (χ0n) is 13.0. The largest absolute Gasteiger partial charge is 0.271 e. The fourth-order valence-electron chi connectivity index (χ4n) is 1.86. The van der Waals surface area contributed by atoms with Crippen LogP contribution in [0.15, 0.2) is 28.0 Å². The van der Waals surface area contributed by atoms with Crippen LogP contribution in [0.4, 0.5) is 0 Å². The molecule has 0 aliphatic heterocycles. The number of hydrogen-bond donors (Lipinski definition) is 1. The zero-order chi connectivity index (χ0) is 16.3. The van der Waals surface area contributed by atoms with Crippen molar-refractivity contribution in [2.75, 3.05) is 0 Å². The molecule has 1 N–H and O–H groups in total. The van der Waals surface area contributed by atoms with E-state index in [2.05, 4.69) is 36.7 Å². The Morgan fingerprint density at radius 3 is 2.77 bits per heavy atom. The molecule has 0 aliphatic rings. The van der Waals surface area contributed by atoms with E-state index in [1.165, 1.54) is 0 Å². The maximum Gasteiger partial charge on any atom is 0.264 e. The molecule has 0 aromatic carbocycles. The Kier molecular flexibility index (Phi) is 5.12. The summed E-state index contributed by atoms with van der Waals surface area (Å²) in [5, 5.41) is 12.7. The van der Waals surface area contributed by atoms with Crippen molar-refractivity contribution >= 4 is 27.5 Å². The summed E-state index contributed by atoms with van der Waals surface area (Å²) in [6.45, 7) is 8.23. The average molecular weight is 367 g/mol. The number of aryl methyl sites for hydroxylation is 2. The van der Waals surface area contributed by atoms with Gasteiger partial charge in [0.15, 0.2) is 0 Å². The molecule has 22 heavy (non-hydrogen) atoms. The molecular formula is C14H19BrN6O. The SMILES string of the molecule is CCn1cc(Br)c(/C(C)=N/NC(=O)[C@H](C)n2ccc(C)n2)n1. The highest BCUT2D eigenvalue weighted by molar-refractivity contribution is 9.10. The Hall–Kier alpha value is -1.96. The summed E-state index contributed by atoms with van der Waals surface area (Å²) in [5.74, 6) is -0.228. The van der Waals surface area contributed by atoms with Crippen LogP contribution in [0.2, 0.25) is 0 Å². The number of nitrogens with one attached hydrogen (secondary N) is 1. The van der Waals surface area contributed by atoms with Crippen molar-refractivity contribution < 1.29 is 4.79 Å². The minimum absolute atomic E-state index is 0.228. The number of amides is 1. The Morgan fingerprint density at radius 1 is 1.50 bits per heavy atom. The number of carbonyl (C=O) groups is 1. The summed E-state index contributed by atoms with van der Waals surface area (Å²) < 4.78 is 4.26. The van der Waals surface area contributed by atoms with Crippen LogP contribution in [-0.2, 0) is 11.3 Å². The highest BCUT2D eigenvalue weighted by Crippen LogP contribution is 2.15. The lowest BCUT2D eigenvalue weighted by Gasteiger charge is -2.10. The van der Waals surface area contributed by atoms with Gasteiger partial charge in [-0.2, -0.15) is 15.3 Å². The van der Waals surface area contributed by atoms with E-state index in [1.54, 1.807) is 29.4 Å². The fraction of sp³-hybridized carbons (Fsp3) is 0.429. The van der Waals surface area contributed by atoms with Gasteiger partial charge in [-0.1, -0.05) is 0 Å². The Bertz CT molecular complexity index is 702. The summed E-state index contributed by atoms with van der Waals surface area (Å²) in [6.07, 6.45) is 3.65. The van der Waals surface area contributed by atoms with E-state index in [4.69, 9.17) is 0 Å². The quantitative estimate of drug-likeness (QED) is 0.651. The zero-order valence-corrected chi connectivity index (χ0v) is 14.6. The van der Waals surface area contributed by atoms with Crippen LogP contribution in [0, 0.1) is 6.92 Å². The van der Waals surface area contributed by atoms with E-state index in [-0.39, 0.29) is 5.91 Å².